The van der Waals surface area contributed by atoms with E-state index in [0.717, 1.165) is 25.2 Å². The molecule has 2 N–H and O–H groups in total. The van der Waals surface area contributed by atoms with Gasteiger partial charge in [0, 0.05) is 25.6 Å². The highest BCUT2D eigenvalue weighted by molar-refractivity contribution is 5.26. The van der Waals surface area contributed by atoms with Crippen molar-refractivity contribution >= 4 is 0 Å². The van der Waals surface area contributed by atoms with Gasteiger partial charge in [-0.25, -0.2) is 0 Å². The molecule has 0 bridgehead atoms. The van der Waals surface area contributed by atoms with E-state index in [2.05, 4.69) is 66.2 Å². The first-order valence-electron chi connectivity index (χ1n) is 11.0. The van der Waals surface area contributed by atoms with Crippen molar-refractivity contribution in [2.45, 2.75) is 51.6 Å². The van der Waals surface area contributed by atoms with E-state index in [1.807, 2.05) is 18.2 Å². The summed E-state index contributed by atoms with van der Waals surface area (Å²) in [6.45, 7) is 5.68. The minimum atomic E-state index is -0.441. The van der Waals surface area contributed by atoms with Crippen LogP contribution in [0.3, 0.4) is 0 Å². The van der Waals surface area contributed by atoms with Crippen LogP contribution in [-0.2, 0) is 24.4 Å². The first kappa shape index (κ1) is 20.9. The molecule has 2 atom stereocenters. The van der Waals surface area contributed by atoms with Crippen molar-refractivity contribution in [1.82, 2.24) is 4.57 Å². The normalized spacial score (nSPS) is 15.8. The predicted molar refractivity (Wildman–Crippen MR) is 119 cm³/mol. The lowest BCUT2D eigenvalue weighted by atomic mass is 10.1. The van der Waals surface area contributed by atoms with E-state index in [-0.39, 0.29) is 0 Å². The van der Waals surface area contributed by atoms with Crippen molar-refractivity contribution in [1.29, 1.82) is 0 Å². The van der Waals surface area contributed by atoms with Crippen molar-refractivity contribution in [3.63, 3.8) is 0 Å². The molecule has 1 aromatic heterocycles. The third-order valence-corrected chi connectivity index (χ3v) is 6.01. The Morgan fingerprint density at radius 1 is 1.03 bits per heavy atom. The van der Waals surface area contributed by atoms with E-state index in [4.69, 9.17) is 4.74 Å². The number of nitrogens with zero attached hydrogens (tertiary/aromatic N) is 1. The number of nitrogens with one attached hydrogen (secondary N) is 1. The Morgan fingerprint density at radius 3 is 2.57 bits per heavy atom. The molecule has 1 saturated carbocycles. The number of rotatable bonds is 11. The summed E-state index contributed by atoms with van der Waals surface area (Å²) < 4.78 is 8.12. The Balaban J connectivity index is 1.32. The smallest absolute Gasteiger partial charge is 0.126 e. The second-order valence-electron chi connectivity index (χ2n) is 8.52. The molecular weight excluding hydrogens is 372 g/mol. The van der Waals surface area contributed by atoms with E-state index >= 15 is 0 Å². The largest absolute Gasteiger partial charge is 0.385 e. The molecule has 4 heteroatoms. The van der Waals surface area contributed by atoms with Gasteiger partial charge in [-0.2, -0.15) is 0 Å². The number of ether oxygens (including phenoxy) is 1. The lowest BCUT2D eigenvalue weighted by Crippen LogP contribution is -3.13. The Morgan fingerprint density at radius 2 is 1.80 bits per heavy atom. The van der Waals surface area contributed by atoms with Crippen LogP contribution < -0.4 is 4.90 Å². The Kier molecular flexibility index (Phi) is 7.00. The first-order valence-corrected chi connectivity index (χ1v) is 11.0. The highest BCUT2D eigenvalue weighted by atomic mass is 16.5. The highest BCUT2D eigenvalue weighted by Crippen LogP contribution is 2.17. The number of aliphatic hydroxyl groups excluding tert-OH is 1. The van der Waals surface area contributed by atoms with Gasteiger partial charge in [-0.1, -0.05) is 54.6 Å². The van der Waals surface area contributed by atoms with Crippen molar-refractivity contribution in [3.8, 4) is 0 Å². The van der Waals surface area contributed by atoms with Crippen LogP contribution in [0.2, 0.25) is 0 Å². The zero-order valence-corrected chi connectivity index (χ0v) is 17.8. The van der Waals surface area contributed by atoms with Gasteiger partial charge in [-0.05, 0) is 35.7 Å². The van der Waals surface area contributed by atoms with E-state index in [0.29, 0.717) is 19.3 Å². The van der Waals surface area contributed by atoms with Crippen LogP contribution in [0.15, 0.2) is 72.9 Å². The Labute approximate surface area is 179 Å². The number of aromatic nitrogens is 1. The molecule has 0 radical (unpaired) electrons. The molecule has 3 aromatic rings. The van der Waals surface area contributed by atoms with Crippen LogP contribution in [-0.4, -0.2) is 35.0 Å². The quantitative estimate of drug-likeness (QED) is 0.515. The summed E-state index contributed by atoms with van der Waals surface area (Å²) in [7, 11) is 0. The molecular formula is C26H33N2O2+. The van der Waals surface area contributed by atoms with Gasteiger partial charge in [-0.15, -0.1) is 0 Å². The molecule has 1 aliphatic carbocycles. The average Bonchev–Trinajstić information content (AvgIpc) is 3.51. The number of benzene rings is 2. The molecule has 1 aliphatic rings. The molecule has 2 aromatic carbocycles. The zero-order valence-electron chi connectivity index (χ0n) is 17.8. The molecule has 4 nitrogen and oxygen atoms in total. The molecule has 0 saturated heterocycles. The molecule has 1 heterocycles. The Hall–Kier alpha value is -2.40. The maximum atomic E-state index is 10.6. The number of aliphatic hydroxyl groups is 1. The lowest BCUT2D eigenvalue weighted by Gasteiger charge is -2.23. The molecule has 0 amide bonds. The van der Waals surface area contributed by atoms with Crippen LogP contribution in [0.4, 0.5) is 0 Å². The molecule has 0 spiro atoms. The van der Waals surface area contributed by atoms with Gasteiger partial charge < -0.3 is 19.3 Å². The van der Waals surface area contributed by atoms with Crippen LogP contribution >= 0.6 is 0 Å². The summed E-state index contributed by atoms with van der Waals surface area (Å²) in [6, 6.07) is 23.7. The number of hydrogen-bond acceptors (Lipinski definition) is 2. The fourth-order valence-electron chi connectivity index (χ4n) is 4.09. The number of hydrogen-bond donors (Lipinski definition) is 2. The standard InChI is InChI=1S/C26H32N2O2/c1-21-8-5-6-11-23(21)16-27-15-7-12-25(27)17-28(24-13-14-24)18-26(29)20-30-19-22-9-3-2-4-10-22/h2-12,15,24,26,29H,13-14,16-20H2,1H3/p+1/t26-/m0/s1. The van der Waals surface area contributed by atoms with Gasteiger partial charge in [0.25, 0.3) is 0 Å². The second-order valence-corrected chi connectivity index (χ2v) is 8.52. The van der Waals surface area contributed by atoms with Gasteiger partial charge in [0.15, 0.2) is 0 Å². The highest BCUT2D eigenvalue weighted by Gasteiger charge is 2.35. The van der Waals surface area contributed by atoms with Gasteiger partial charge in [0.05, 0.1) is 24.9 Å². The van der Waals surface area contributed by atoms with Crippen LogP contribution in [0.5, 0.6) is 0 Å². The average molecular weight is 406 g/mol. The molecule has 0 aliphatic heterocycles. The molecule has 4 rings (SSSR count). The summed E-state index contributed by atoms with van der Waals surface area (Å²) >= 11 is 0. The van der Waals surface area contributed by atoms with Gasteiger partial charge in [0.2, 0.25) is 0 Å². The zero-order chi connectivity index (χ0) is 20.8. The van der Waals surface area contributed by atoms with Crippen LogP contribution in [0, 0.1) is 6.92 Å². The summed E-state index contributed by atoms with van der Waals surface area (Å²) in [6.07, 6.45) is 4.24. The Bertz CT molecular complexity index is 918. The third kappa shape index (κ3) is 5.82. The lowest BCUT2D eigenvalue weighted by molar-refractivity contribution is -0.928. The van der Waals surface area contributed by atoms with Crippen molar-refractivity contribution < 1.29 is 14.7 Å². The van der Waals surface area contributed by atoms with Gasteiger partial charge >= 0.3 is 0 Å². The molecule has 1 fully saturated rings. The minimum absolute atomic E-state index is 0.384. The first-order chi connectivity index (χ1) is 14.7. The summed E-state index contributed by atoms with van der Waals surface area (Å²) in [5.74, 6) is 0. The van der Waals surface area contributed by atoms with E-state index < -0.39 is 6.10 Å². The molecule has 1 unspecified atom stereocenters. The van der Waals surface area contributed by atoms with E-state index in [1.165, 1.54) is 34.6 Å². The van der Waals surface area contributed by atoms with Crippen molar-refractivity contribution in [2.24, 2.45) is 0 Å². The van der Waals surface area contributed by atoms with Gasteiger partial charge in [0.1, 0.15) is 19.2 Å². The van der Waals surface area contributed by atoms with E-state index in [9.17, 15) is 5.11 Å². The maximum Gasteiger partial charge on any atom is 0.126 e. The fraction of sp³-hybridized carbons (Fsp3) is 0.385. The monoisotopic (exact) mass is 405 g/mol. The van der Waals surface area contributed by atoms with E-state index in [1.54, 1.807) is 0 Å². The SMILES string of the molecule is Cc1ccccc1Cn1cccc1C[NH+](C[C@H](O)COCc1ccccc1)C1CC1. The predicted octanol–water partition coefficient (Wildman–Crippen LogP) is 2.97. The molecule has 158 valence electrons. The molecule has 30 heavy (non-hydrogen) atoms. The van der Waals surface area contributed by atoms with Crippen molar-refractivity contribution in [2.75, 3.05) is 13.2 Å². The van der Waals surface area contributed by atoms with Crippen LogP contribution in [0.1, 0.15) is 35.2 Å². The van der Waals surface area contributed by atoms with Crippen LogP contribution in [0.25, 0.3) is 0 Å². The topological polar surface area (TPSA) is 38.8 Å². The number of aryl methyl sites for hydroxylation is 1. The summed E-state index contributed by atoms with van der Waals surface area (Å²) in [5.41, 5.74) is 5.16. The maximum absolute atomic E-state index is 10.6. The third-order valence-electron chi connectivity index (χ3n) is 6.01. The minimum Gasteiger partial charge on any atom is -0.385 e. The number of quaternary nitrogens is 1. The van der Waals surface area contributed by atoms with Crippen molar-refractivity contribution in [3.05, 3.63) is 95.3 Å². The fourth-order valence-corrected chi connectivity index (χ4v) is 4.09. The summed E-state index contributed by atoms with van der Waals surface area (Å²) in [5, 5.41) is 10.6. The second kappa shape index (κ2) is 10.1. The summed E-state index contributed by atoms with van der Waals surface area (Å²) in [4.78, 5) is 1.47. The van der Waals surface area contributed by atoms with Gasteiger partial charge in [-0.3, -0.25) is 0 Å².